The Balaban J connectivity index is 2.18. The molecule has 0 aromatic heterocycles. The minimum absolute atomic E-state index is 0.350. The molecule has 0 aliphatic rings. The summed E-state index contributed by atoms with van der Waals surface area (Å²) < 4.78 is 0. The smallest absolute Gasteiger partial charge is 0.405 e. The van der Waals surface area contributed by atoms with Gasteiger partial charge in [0, 0.05) is 5.56 Å². The van der Waals surface area contributed by atoms with Crippen LogP contribution >= 0.6 is 0 Å². The van der Waals surface area contributed by atoms with Crippen molar-refractivity contribution in [2.45, 2.75) is 6.04 Å². The van der Waals surface area contributed by atoms with Gasteiger partial charge in [-0.3, -0.25) is 4.79 Å². The number of carbonyl (C=O) groups excluding carboxylic acids is 1. The maximum absolute atomic E-state index is 12.1. The number of amides is 1. The lowest BCUT2D eigenvalue weighted by Crippen LogP contribution is -2.42. The first-order chi connectivity index (χ1) is 10.1. The van der Waals surface area contributed by atoms with Gasteiger partial charge in [0.2, 0.25) is 0 Å². The van der Waals surface area contributed by atoms with Crippen molar-refractivity contribution in [3.8, 4) is 11.1 Å². The summed E-state index contributed by atoms with van der Waals surface area (Å²) in [5.41, 5.74) is 2.33. The van der Waals surface area contributed by atoms with E-state index in [9.17, 15) is 9.59 Å². The molecule has 3 N–H and O–H groups in total. The van der Waals surface area contributed by atoms with Crippen LogP contribution in [0.5, 0.6) is 0 Å². The van der Waals surface area contributed by atoms with E-state index in [1.54, 1.807) is 24.3 Å². The van der Waals surface area contributed by atoms with Gasteiger partial charge in [0.15, 0.2) is 5.78 Å². The first-order valence-electron chi connectivity index (χ1n) is 6.42. The highest BCUT2D eigenvalue weighted by molar-refractivity contribution is 6.01. The zero-order valence-electron chi connectivity index (χ0n) is 11.2. The Morgan fingerprint density at radius 3 is 2.05 bits per heavy atom. The molecule has 21 heavy (non-hydrogen) atoms. The van der Waals surface area contributed by atoms with E-state index in [0.717, 1.165) is 11.1 Å². The number of carbonyl (C=O) groups is 2. The van der Waals surface area contributed by atoms with E-state index in [-0.39, 0.29) is 0 Å². The van der Waals surface area contributed by atoms with Gasteiger partial charge in [-0.1, -0.05) is 54.6 Å². The second kappa shape index (κ2) is 6.67. The summed E-state index contributed by atoms with van der Waals surface area (Å²) >= 11 is 0. The number of Topliss-reactive ketones (excluding diaryl/α,β-unsaturated/α-hetero) is 1. The number of aliphatic hydroxyl groups is 1. The van der Waals surface area contributed by atoms with Crippen LogP contribution in [0, 0.1) is 0 Å². The third-order valence-corrected chi connectivity index (χ3v) is 3.07. The minimum atomic E-state index is -1.34. The number of nitrogens with one attached hydrogen (secondary N) is 1. The molecule has 0 bridgehead atoms. The van der Waals surface area contributed by atoms with Crippen LogP contribution in [-0.4, -0.2) is 34.7 Å². The predicted octanol–water partition coefficient (Wildman–Crippen LogP) is 2.16. The second-order valence-electron chi connectivity index (χ2n) is 4.49. The summed E-state index contributed by atoms with van der Waals surface area (Å²) in [6, 6.07) is 15.4. The van der Waals surface area contributed by atoms with Gasteiger partial charge in [-0.25, -0.2) is 4.79 Å². The molecule has 0 spiro atoms. The van der Waals surface area contributed by atoms with Crippen LogP contribution in [0.25, 0.3) is 11.1 Å². The van der Waals surface area contributed by atoms with Crippen molar-refractivity contribution in [1.29, 1.82) is 0 Å². The molecule has 2 aromatic rings. The van der Waals surface area contributed by atoms with Crippen LogP contribution in [0.3, 0.4) is 0 Å². The Hall–Kier alpha value is -2.66. The van der Waals surface area contributed by atoms with Crippen LogP contribution in [0.1, 0.15) is 10.4 Å². The number of rotatable bonds is 5. The molecule has 0 heterocycles. The maximum atomic E-state index is 12.1. The summed E-state index contributed by atoms with van der Waals surface area (Å²) in [7, 11) is 0. The van der Waals surface area contributed by atoms with Crippen LogP contribution in [0.2, 0.25) is 0 Å². The lowest BCUT2D eigenvalue weighted by molar-refractivity contribution is 0.0890. The molecule has 0 saturated heterocycles. The fraction of sp³-hybridized carbons (Fsp3) is 0.125. The molecule has 1 unspecified atom stereocenters. The summed E-state index contributed by atoms with van der Waals surface area (Å²) in [4.78, 5) is 22.6. The molecule has 2 aromatic carbocycles. The fourth-order valence-electron chi connectivity index (χ4n) is 2.00. The Morgan fingerprint density at radius 1 is 0.952 bits per heavy atom. The molecule has 0 radical (unpaired) electrons. The highest BCUT2D eigenvalue weighted by atomic mass is 16.4. The summed E-state index contributed by atoms with van der Waals surface area (Å²) in [5.74, 6) is -0.459. The van der Waals surface area contributed by atoms with Gasteiger partial charge in [-0.15, -0.1) is 0 Å². The first kappa shape index (κ1) is 14.7. The van der Waals surface area contributed by atoms with Crippen molar-refractivity contribution in [1.82, 2.24) is 5.32 Å². The number of benzene rings is 2. The second-order valence-corrected chi connectivity index (χ2v) is 4.49. The zero-order chi connectivity index (χ0) is 15.2. The molecule has 1 atom stereocenters. The maximum Gasteiger partial charge on any atom is 0.405 e. The molecule has 0 aliphatic heterocycles. The van der Waals surface area contributed by atoms with Gasteiger partial charge < -0.3 is 15.5 Å². The standard InChI is InChI=1S/C16H15NO4/c18-10-14(17-16(20)21)15(19)13-8-6-12(7-9-13)11-4-2-1-3-5-11/h1-9,14,17-18H,10H2,(H,20,21). The Labute approximate surface area is 121 Å². The molecular weight excluding hydrogens is 270 g/mol. The summed E-state index contributed by atoms with van der Waals surface area (Å²) in [5, 5.41) is 19.7. The minimum Gasteiger partial charge on any atom is -0.465 e. The van der Waals surface area contributed by atoms with Crippen LogP contribution in [0.4, 0.5) is 4.79 Å². The third kappa shape index (κ3) is 3.67. The van der Waals surface area contributed by atoms with E-state index in [2.05, 4.69) is 0 Å². The monoisotopic (exact) mass is 285 g/mol. The normalized spacial score (nSPS) is 11.7. The molecule has 0 fully saturated rings. The SMILES string of the molecule is O=C(O)NC(CO)C(=O)c1ccc(-c2ccccc2)cc1. The van der Waals surface area contributed by atoms with Crippen molar-refractivity contribution in [2.24, 2.45) is 0 Å². The van der Waals surface area contributed by atoms with Crippen molar-refractivity contribution in [3.63, 3.8) is 0 Å². The van der Waals surface area contributed by atoms with E-state index in [4.69, 9.17) is 10.2 Å². The lowest BCUT2D eigenvalue weighted by Gasteiger charge is -2.13. The van der Waals surface area contributed by atoms with Gasteiger partial charge in [0.1, 0.15) is 6.04 Å². The first-order valence-corrected chi connectivity index (χ1v) is 6.42. The van der Waals surface area contributed by atoms with Gasteiger partial charge in [0.25, 0.3) is 0 Å². The van der Waals surface area contributed by atoms with Gasteiger partial charge in [0.05, 0.1) is 6.61 Å². The van der Waals surface area contributed by atoms with Crippen molar-refractivity contribution >= 4 is 11.9 Å². The zero-order valence-corrected chi connectivity index (χ0v) is 11.2. The molecule has 108 valence electrons. The van der Waals surface area contributed by atoms with Crippen LogP contribution < -0.4 is 5.32 Å². The molecular formula is C16H15NO4. The fourth-order valence-corrected chi connectivity index (χ4v) is 2.00. The van der Waals surface area contributed by atoms with E-state index in [1.807, 2.05) is 35.6 Å². The highest BCUT2D eigenvalue weighted by Gasteiger charge is 2.20. The van der Waals surface area contributed by atoms with E-state index >= 15 is 0 Å². The van der Waals surface area contributed by atoms with E-state index in [0.29, 0.717) is 5.56 Å². The van der Waals surface area contributed by atoms with Crippen molar-refractivity contribution in [3.05, 3.63) is 60.2 Å². The summed E-state index contributed by atoms with van der Waals surface area (Å²) in [6.07, 6.45) is -1.34. The largest absolute Gasteiger partial charge is 0.465 e. The Kier molecular flexibility index (Phi) is 4.68. The molecule has 0 saturated carbocycles. The van der Waals surface area contributed by atoms with Crippen molar-refractivity contribution in [2.75, 3.05) is 6.61 Å². The van der Waals surface area contributed by atoms with E-state index in [1.165, 1.54) is 0 Å². The molecule has 1 amide bonds. The number of aliphatic hydroxyl groups excluding tert-OH is 1. The van der Waals surface area contributed by atoms with Gasteiger partial charge >= 0.3 is 6.09 Å². The topological polar surface area (TPSA) is 86.6 Å². The van der Waals surface area contributed by atoms with Crippen molar-refractivity contribution < 1.29 is 19.8 Å². The predicted molar refractivity (Wildman–Crippen MR) is 78.2 cm³/mol. The van der Waals surface area contributed by atoms with Gasteiger partial charge in [-0.05, 0) is 11.1 Å². The quantitative estimate of drug-likeness (QED) is 0.735. The third-order valence-electron chi connectivity index (χ3n) is 3.07. The van der Waals surface area contributed by atoms with Gasteiger partial charge in [-0.2, -0.15) is 0 Å². The molecule has 5 heteroatoms. The highest BCUT2D eigenvalue weighted by Crippen LogP contribution is 2.19. The number of ketones is 1. The lowest BCUT2D eigenvalue weighted by atomic mass is 10.00. The average molecular weight is 285 g/mol. The molecule has 0 aliphatic carbocycles. The molecule has 2 rings (SSSR count). The summed E-state index contributed by atoms with van der Waals surface area (Å²) in [6.45, 7) is -0.578. The Morgan fingerprint density at radius 2 is 1.52 bits per heavy atom. The van der Waals surface area contributed by atoms with Crippen LogP contribution in [-0.2, 0) is 0 Å². The average Bonchev–Trinajstić information content (AvgIpc) is 2.53. The molecule has 5 nitrogen and oxygen atoms in total. The number of carboxylic acid groups (broad SMARTS) is 1. The number of hydrogen-bond acceptors (Lipinski definition) is 3. The van der Waals surface area contributed by atoms with Crippen LogP contribution in [0.15, 0.2) is 54.6 Å². The number of hydrogen-bond donors (Lipinski definition) is 3. The van der Waals surface area contributed by atoms with E-state index < -0.39 is 24.5 Å². The Bertz CT molecular complexity index is 622.